The summed E-state index contributed by atoms with van der Waals surface area (Å²) in [6, 6.07) is 6.02. The molecule has 6 heteroatoms. The monoisotopic (exact) mass is 270 g/mol. The zero-order chi connectivity index (χ0) is 11.4. The Morgan fingerprint density at radius 1 is 1.67 bits per heavy atom. The van der Waals surface area contributed by atoms with E-state index in [1.54, 1.807) is 6.92 Å². The van der Waals surface area contributed by atoms with Crippen molar-refractivity contribution < 1.29 is 9.66 Å². The van der Waals surface area contributed by atoms with E-state index in [2.05, 4.69) is 15.9 Å². The Morgan fingerprint density at radius 3 is 2.87 bits per heavy atom. The van der Waals surface area contributed by atoms with Crippen molar-refractivity contribution in [3.8, 4) is 11.8 Å². The van der Waals surface area contributed by atoms with E-state index in [1.165, 1.54) is 18.2 Å². The standard InChI is InChI=1S/C9H7BrN2O3/c1-6(5-11)15-9-4-7(12(13)14)2-3-8(9)10/h2-4,6H,1H3. The fourth-order valence-corrected chi connectivity index (χ4v) is 1.25. The lowest BCUT2D eigenvalue weighted by molar-refractivity contribution is -0.385. The van der Waals surface area contributed by atoms with Crippen molar-refractivity contribution in [3.63, 3.8) is 0 Å². The molecule has 0 saturated carbocycles. The van der Waals surface area contributed by atoms with Gasteiger partial charge in [0.05, 0.1) is 15.5 Å². The summed E-state index contributed by atoms with van der Waals surface area (Å²) in [7, 11) is 0. The summed E-state index contributed by atoms with van der Waals surface area (Å²) >= 11 is 3.18. The molecule has 0 amide bonds. The molecule has 1 atom stereocenters. The zero-order valence-electron chi connectivity index (χ0n) is 7.81. The molecule has 0 aromatic heterocycles. The van der Waals surface area contributed by atoms with Gasteiger partial charge in [-0.3, -0.25) is 10.1 Å². The number of halogens is 1. The molecule has 1 rings (SSSR count). The van der Waals surface area contributed by atoms with Crippen LogP contribution in [-0.2, 0) is 0 Å². The van der Waals surface area contributed by atoms with Gasteiger partial charge in [0.25, 0.3) is 5.69 Å². The Labute approximate surface area is 94.6 Å². The fraction of sp³-hybridized carbons (Fsp3) is 0.222. The molecule has 78 valence electrons. The summed E-state index contributed by atoms with van der Waals surface area (Å²) in [5, 5.41) is 19.0. The van der Waals surface area contributed by atoms with Crippen molar-refractivity contribution >= 4 is 21.6 Å². The lowest BCUT2D eigenvalue weighted by Crippen LogP contribution is -2.08. The summed E-state index contributed by atoms with van der Waals surface area (Å²) in [5.74, 6) is 0.290. The largest absolute Gasteiger partial charge is 0.474 e. The third-order valence-electron chi connectivity index (χ3n) is 1.61. The van der Waals surface area contributed by atoms with E-state index in [1.807, 2.05) is 6.07 Å². The highest BCUT2D eigenvalue weighted by atomic mass is 79.9. The fourth-order valence-electron chi connectivity index (χ4n) is 0.913. The quantitative estimate of drug-likeness (QED) is 0.625. The van der Waals surface area contributed by atoms with Gasteiger partial charge in [-0.05, 0) is 28.9 Å². The minimum Gasteiger partial charge on any atom is -0.474 e. The van der Waals surface area contributed by atoms with E-state index in [0.717, 1.165) is 0 Å². The molecule has 0 heterocycles. The maximum atomic E-state index is 10.5. The molecule has 0 aliphatic carbocycles. The second-order valence-electron chi connectivity index (χ2n) is 2.76. The lowest BCUT2D eigenvalue weighted by atomic mass is 10.3. The van der Waals surface area contributed by atoms with Crippen molar-refractivity contribution in [2.24, 2.45) is 0 Å². The van der Waals surface area contributed by atoms with Crippen LogP contribution in [0.4, 0.5) is 5.69 Å². The van der Waals surface area contributed by atoms with E-state index in [-0.39, 0.29) is 5.69 Å². The second-order valence-corrected chi connectivity index (χ2v) is 3.62. The van der Waals surface area contributed by atoms with Gasteiger partial charge in [0.15, 0.2) is 6.10 Å². The highest BCUT2D eigenvalue weighted by molar-refractivity contribution is 9.10. The van der Waals surface area contributed by atoms with Gasteiger partial charge < -0.3 is 4.74 Å². The molecule has 0 aliphatic heterocycles. The van der Waals surface area contributed by atoms with Crippen LogP contribution in [0.15, 0.2) is 22.7 Å². The number of hydrogen-bond acceptors (Lipinski definition) is 4. The molecule has 0 N–H and O–H groups in total. The first kappa shape index (κ1) is 11.5. The van der Waals surface area contributed by atoms with Gasteiger partial charge in [-0.15, -0.1) is 0 Å². The normalized spacial score (nSPS) is 11.5. The highest BCUT2D eigenvalue weighted by Gasteiger charge is 2.12. The molecular weight excluding hydrogens is 264 g/mol. The minimum absolute atomic E-state index is 0.0710. The molecule has 1 aromatic rings. The van der Waals surface area contributed by atoms with Gasteiger partial charge in [0, 0.05) is 6.07 Å². The molecule has 0 radical (unpaired) electrons. The third-order valence-corrected chi connectivity index (χ3v) is 2.27. The average Bonchev–Trinajstić information content (AvgIpc) is 2.20. The van der Waals surface area contributed by atoms with Crippen molar-refractivity contribution in [3.05, 3.63) is 32.8 Å². The second kappa shape index (κ2) is 4.75. The Balaban J connectivity index is 3.01. The molecular formula is C9H7BrN2O3. The van der Waals surface area contributed by atoms with E-state index in [9.17, 15) is 10.1 Å². The molecule has 15 heavy (non-hydrogen) atoms. The molecule has 0 spiro atoms. The van der Waals surface area contributed by atoms with Crippen LogP contribution in [-0.4, -0.2) is 11.0 Å². The number of benzene rings is 1. The number of hydrogen-bond donors (Lipinski definition) is 0. The number of rotatable bonds is 3. The first-order chi connectivity index (χ1) is 7.04. The smallest absolute Gasteiger partial charge is 0.273 e. The molecule has 0 aliphatic rings. The van der Waals surface area contributed by atoms with Crippen LogP contribution in [0, 0.1) is 21.4 Å². The van der Waals surface area contributed by atoms with Gasteiger partial charge in [-0.25, -0.2) is 0 Å². The number of non-ortho nitro benzene ring substituents is 1. The number of ether oxygens (including phenoxy) is 1. The van der Waals surface area contributed by atoms with Crippen molar-refractivity contribution in [2.45, 2.75) is 13.0 Å². The van der Waals surface area contributed by atoms with Gasteiger partial charge in [0.2, 0.25) is 0 Å². The topological polar surface area (TPSA) is 76.2 Å². The van der Waals surface area contributed by atoms with Gasteiger partial charge in [-0.2, -0.15) is 5.26 Å². The van der Waals surface area contributed by atoms with E-state index < -0.39 is 11.0 Å². The maximum absolute atomic E-state index is 10.5. The Hall–Kier alpha value is -1.61. The zero-order valence-corrected chi connectivity index (χ0v) is 9.39. The van der Waals surface area contributed by atoms with Crippen LogP contribution < -0.4 is 4.74 Å². The number of nitro benzene ring substituents is 1. The van der Waals surface area contributed by atoms with Crippen LogP contribution in [0.25, 0.3) is 0 Å². The summed E-state index contributed by atoms with van der Waals surface area (Å²) in [6.45, 7) is 1.56. The SMILES string of the molecule is CC(C#N)Oc1cc([N+](=O)[O-])ccc1Br. The Kier molecular flexibility index (Phi) is 3.63. The Morgan fingerprint density at radius 2 is 2.33 bits per heavy atom. The Bertz CT molecular complexity index is 428. The molecule has 0 saturated heterocycles. The summed E-state index contributed by atoms with van der Waals surface area (Å²) in [6.07, 6.45) is -0.650. The van der Waals surface area contributed by atoms with E-state index >= 15 is 0 Å². The number of nitro groups is 1. The average molecular weight is 271 g/mol. The minimum atomic E-state index is -0.650. The van der Waals surface area contributed by atoms with Gasteiger partial charge in [0.1, 0.15) is 11.8 Å². The van der Waals surface area contributed by atoms with Crippen LogP contribution in [0.1, 0.15) is 6.92 Å². The lowest BCUT2D eigenvalue weighted by Gasteiger charge is -2.08. The van der Waals surface area contributed by atoms with E-state index in [4.69, 9.17) is 10.00 Å². The van der Waals surface area contributed by atoms with Gasteiger partial charge >= 0.3 is 0 Å². The highest BCUT2D eigenvalue weighted by Crippen LogP contribution is 2.29. The van der Waals surface area contributed by atoms with Crippen LogP contribution in [0.3, 0.4) is 0 Å². The van der Waals surface area contributed by atoms with Crippen LogP contribution in [0.2, 0.25) is 0 Å². The first-order valence-corrected chi connectivity index (χ1v) is 4.84. The number of nitriles is 1. The van der Waals surface area contributed by atoms with Gasteiger partial charge in [-0.1, -0.05) is 0 Å². The van der Waals surface area contributed by atoms with Crippen molar-refractivity contribution in [1.29, 1.82) is 5.26 Å². The van der Waals surface area contributed by atoms with Crippen molar-refractivity contribution in [1.82, 2.24) is 0 Å². The van der Waals surface area contributed by atoms with Crippen molar-refractivity contribution in [2.75, 3.05) is 0 Å². The predicted octanol–water partition coefficient (Wildman–Crippen LogP) is 2.65. The molecule has 0 fully saturated rings. The molecule has 1 aromatic carbocycles. The predicted molar refractivity (Wildman–Crippen MR) is 56.5 cm³/mol. The van der Waals surface area contributed by atoms with Crippen LogP contribution in [0.5, 0.6) is 5.75 Å². The summed E-state index contributed by atoms with van der Waals surface area (Å²) in [5.41, 5.74) is -0.0710. The molecule has 0 bridgehead atoms. The van der Waals surface area contributed by atoms with E-state index in [0.29, 0.717) is 10.2 Å². The third kappa shape index (κ3) is 2.92. The summed E-state index contributed by atoms with van der Waals surface area (Å²) in [4.78, 5) is 9.97. The molecule has 1 unspecified atom stereocenters. The summed E-state index contributed by atoms with van der Waals surface area (Å²) < 4.78 is 5.75. The molecule has 5 nitrogen and oxygen atoms in total. The number of nitrogens with zero attached hydrogens (tertiary/aromatic N) is 2. The van der Waals surface area contributed by atoms with Crippen LogP contribution >= 0.6 is 15.9 Å². The maximum Gasteiger partial charge on any atom is 0.273 e. The first-order valence-electron chi connectivity index (χ1n) is 4.05.